The molecule has 0 bridgehead atoms. The standard InChI is InChI=1S/C20H32N2O/c1-11(2)21-9-18(23)10-22-17(8)16(7)19-14(5)12(3)13(4)15(6)20(19)22/h11,18,21,23H,9-10H2,1-8H3. The third-order valence-electron chi connectivity index (χ3n) is 5.40. The number of fused-ring (bicyclic) bond motifs is 1. The number of aryl methyl sites for hydroxylation is 3. The van der Waals surface area contributed by atoms with Gasteiger partial charge in [-0.2, -0.15) is 0 Å². The van der Waals surface area contributed by atoms with Gasteiger partial charge in [-0.05, 0) is 69.4 Å². The molecule has 2 rings (SSSR count). The number of nitrogens with one attached hydrogen (secondary N) is 1. The summed E-state index contributed by atoms with van der Waals surface area (Å²) < 4.78 is 2.31. The van der Waals surface area contributed by atoms with Crippen molar-refractivity contribution in [3.05, 3.63) is 33.5 Å². The van der Waals surface area contributed by atoms with Gasteiger partial charge in [-0.15, -0.1) is 0 Å². The van der Waals surface area contributed by atoms with E-state index in [1.54, 1.807) is 0 Å². The number of benzene rings is 1. The van der Waals surface area contributed by atoms with Crippen LogP contribution in [0, 0.1) is 41.5 Å². The molecule has 0 amide bonds. The molecule has 0 fully saturated rings. The average Bonchev–Trinajstić information content (AvgIpc) is 2.74. The zero-order valence-corrected chi connectivity index (χ0v) is 16.0. The van der Waals surface area contributed by atoms with Gasteiger partial charge in [-0.3, -0.25) is 0 Å². The summed E-state index contributed by atoms with van der Waals surface area (Å²) in [6.07, 6.45) is -0.382. The number of hydrogen-bond acceptors (Lipinski definition) is 2. The Morgan fingerprint density at radius 1 is 0.870 bits per heavy atom. The Labute approximate surface area is 140 Å². The zero-order valence-electron chi connectivity index (χ0n) is 16.0. The van der Waals surface area contributed by atoms with Gasteiger partial charge >= 0.3 is 0 Å². The molecule has 3 nitrogen and oxygen atoms in total. The van der Waals surface area contributed by atoms with Crippen LogP contribution < -0.4 is 5.32 Å². The van der Waals surface area contributed by atoms with E-state index in [9.17, 15) is 5.11 Å². The summed E-state index contributed by atoms with van der Waals surface area (Å²) in [6, 6.07) is 0.391. The van der Waals surface area contributed by atoms with Crippen molar-refractivity contribution in [2.45, 2.75) is 74.1 Å². The Hall–Kier alpha value is -1.32. The molecule has 0 spiro atoms. The molecular weight excluding hydrogens is 284 g/mol. The van der Waals surface area contributed by atoms with Crippen molar-refractivity contribution < 1.29 is 5.11 Å². The molecule has 0 radical (unpaired) electrons. The second-order valence-electron chi connectivity index (χ2n) is 7.26. The Morgan fingerprint density at radius 3 is 2.00 bits per heavy atom. The Kier molecular flexibility index (Phi) is 5.22. The molecule has 2 N–H and O–H groups in total. The highest BCUT2D eigenvalue weighted by molar-refractivity contribution is 5.92. The van der Waals surface area contributed by atoms with Crippen LogP contribution in [0.3, 0.4) is 0 Å². The van der Waals surface area contributed by atoms with E-state index in [1.165, 1.54) is 44.4 Å². The molecule has 0 aliphatic rings. The van der Waals surface area contributed by atoms with E-state index >= 15 is 0 Å². The third-order valence-corrected chi connectivity index (χ3v) is 5.40. The molecule has 1 heterocycles. The fourth-order valence-electron chi connectivity index (χ4n) is 3.52. The molecule has 2 aromatic rings. The van der Waals surface area contributed by atoms with Gasteiger partial charge in [0.2, 0.25) is 0 Å². The molecule has 3 heteroatoms. The summed E-state index contributed by atoms with van der Waals surface area (Å²) in [7, 11) is 0. The van der Waals surface area contributed by atoms with E-state index in [4.69, 9.17) is 0 Å². The molecule has 1 unspecified atom stereocenters. The minimum absolute atomic E-state index is 0.382. The SMILES string of the molecule is Cc1c(C)c(C)c2c(c1C)c(C)c(C)n2CC(O)CNC(C)C. The van der Waals surface area contributed by atoms with Gasteiger partial charge in [-0.25, -0.2) is 0 Å². The summed E-state index contributed by atoms with van der Waals surface area (Å²) in [5.74, 6) is 0. The largest absolute Gasteiger partial charge is 0.390 e. The average molecular weight is 316 g/mol. The molecule has 1 atom stereocenters. The van der Waals surface area contributed by atoms with Crippen LogP contribution >= 0.6 is 0 Å². The Balaban J connectivity index is 2.55. The first kappa shape index (κ1) is 18.0. The van der Waals surface area contributed by atoms with Crippen molar-refractivity contribution >= 4 is 10.9 Å². The normalized spacial score (nSPS) is 13.3. The fraction of sp³-hybridized carbons (Fsp3) is 0.600. The lowest BCUT2D eigenvalue weighted by atomic mass is 9.94. The summed E-state index contributed by atoms with van der Waals surface area (Å²) in [6.45, 7) is 18.7. The number of nitrogens with zero attached hydrogens (tertiary/aromatic N) is 1. The van der Waals surface area contributed by atoms with Gasteiger partial charge in [0.15, 0.2) is 0 Å². The van der Waals surface area contributed by atoms with Crippen LogP contribution in [0.1, 0.15) is 47.4 Å². The second-order valence-corrected chi connectivity index (χ2v) is 7.26. The number of rotatable bonds is 5. The van der Waals surface area contributed by atoms with Gasteiger partial charge in [0.1, 0.15) is 0 Å². The molecule has 0 aliphatic carbocycles. The highest BCUT2D eigenvalue weighted by atomic mass is 16.3. The maximum absolute atomic E-state index is 10.4. The molecule has 23 heavy (non-hydrogen) atoms. The summed E-state index contributed by atoms with van der Waals surface area (Å²) >= 11 is 0. The smallest absolute Gasteiger partial charge is 0.0843 e. The molecule has 1 aromatic heterocycles. The van der Waals surface area contributed by atoms with Crippen molar-refractivity contribution in [2.75, 3.05) is 6.54 Å². The Bertz CT molecular complexity index is 726. The number of aliphatic hydroxyl groups excluding tert-OH is 1. The lowest BCUT2D eigenvalue weighted by Crippen LogP contribution is -2.34. The van der Waals surface area contributed by atoms with Gasteiger partial charge in [-0.1, -0.05) is 13.8 Å². The molecular formula is C20H32N2O. The summed E-state index contributed by atoms with van der Waals surface area (Å²) in [5.41, 5.74) is 9.36. The number of aromatic nitrogens is 1. The Morgan fingerprint density at radius 2 is 1.43 bits per heavy atom. The second kappa shape index (κ2) is 6.66. The summed E-state index contributed by atoms with van der Waals surface area (Å²) in [5, 5.41) is 15.1. The number of aliphatic hydroxyl groups is 1. The lowest BCUT2D eigenvalue weighted by Gasteiger charge is -2.19. The van der Waals surface area contributed by atoms with Gasteiger partial charge < -0.3 is 15.0 Å². The van der Waals surface area contributed by atoms with Gasteiger partial charge in [0.05, 0.1) is 18.2 Å². The zero-order chi connectivity index (χ0) is 17.5. The molecule has 1 aromatic carbocycles. The highest BCUT2D eigenvalue weighted by Gasteiger charge is 2.20. The van der Waals surface area contributed by atoms with Crippen LogP contribution in [0.5, 0.6) is 0 Å². The third kappa shape index (κ3) is 3.17. The van der Waals surface area contributed by atoms with Crippen molar-refractivity contribution in [1.29, 1.82) is 0 Å². The molecule has 0 saturated carbocycles. The monoisotopic (exact) mass is 316 g/mol. The van der Waals surface area contributed by atoms with E-state index in [1.807, 2.05) is 0 Å². The van der Waals surface area contributed by atoms with E-state index in [-0.39, 0.29) is 6.10 Å². The minimum atomic E-state index is -0.382. The van der Waals surface area contributed by atoms with E-state index in [0.717, 1.165) is 0 Å². The van der Waals surface area contributed by atoms with Crippen LogP contribution in [-0.4, -0.2) is 28.4 Å². The van der Waals surface area contributed by atoms with E-state index < -0.39 is 0 Å². The quantitative estimate of drug-likeness (QED) is 0.879. The van der Waals surface area contributed by atoms with E-state index in [0.29, 0.717) is 19.1 Å². The highest BCUT2D eigenvalue weighted by Crippen LogP contribution is 2.35. The van der Waals surface area contributed by atoms with Gasteiger partial charge in [0, 0.05) is 23.7 Å². The van der Waals surface area contributed by atoms with Crippen LogP contribution in [0.2, 0.25) is 0 Å². The summed E-state index contributed by atoms with van der Waals surface area (Å²) in [4.78, 5) is 0. The van der Waals surface area contributed by atoms with Crippen LogP contribution in [0.4, 0.5) is 0 Å². The minimum Gasteiger partial charge on any atom is -0.390 e. The van der Waals surface area contributed by atoms with Crippen molar-refractivity contribution in [1.82, 2.24) is 9.88 Å². The lowest BCUT2D eigenvalue weighted by molar-refractivity contribution is 0.149. The van der Waals surface area contributed by atoms with E-state index in [2.05, 4.69) is 65.3 Å². The first-order chi connectivity index (χ1) is 10.7. The fourth-order valence-corrected chi connectivity index (χ4v) is 3.52. The molecule has 128 valence electrons. The first-order valence-electron chi connectivity index (χ1n) is 8.64. The number of hydrogen-bond donors (Lipinski definition) is 2. The first-order valence-corrected chi connectivity index (χ1v) is 8.64. The predicted molar refractivity (Wildman–Crippen MR) is 99.5 cm³/mol. The predicted octanol–water partition coefficient (Wildman–Crippen LogP) is 3.85. The molecule has 0 saturated heterocycles. The van der Waals surface area contributed by atoms with Crippen molar-refractivity contribution in [2.24, 2.45) is 0 Å². The maximum atomic E-state index is 10.4. The van der Waals surface area contributed by atoms with Crippen LogP contribution in [0.25, 0.3) is 10.9 Å². The van der Waals surface area contributed by atoms with Crippen molar-refractivity contribution in [3.63, 3.8) is 0 Å². The van der Waals surface area contributed by atoms with Crippen LogP contribution in [-0.2, 0) is 6.54 Å². The molecule has 0 aliphatic heterocycles. The van der Waals surface area contributed by atoms with Crippen LogP contribution in [0.15, 0.2) is 0 Å². The maximum Gasteiger partial charge on any atom is 0.0843 e. The topological polar surface area (TPSA) is 37.2 Å². The van der Waals surface area contributed by atoms with Crippen molar-refractivity contribution in [3.8, 4) is 0 Å². The van der Waals surface area contributed by atoms with Gasteiger partial charge in [0.25, 0.3) is 0 Å².